The van der Waals surface area contributed by atoms with Crippen molar-refractivity contribution >= 4 is 16.9 Å². The van der Waals surface area contributed by atoms with Gasteiger partial charge < -0.3 is 15.0 Å². The van der Waals surface area contributed by atoms with Gasteiger partial charge in [-0.3, -0.25) is 0 Å². The maximum atomic E-state index is 5.73. The van der Waals surface area contributed by atoms with Crippen molar-refractivity contribution in [1.82, 2.24) is 14.5 Å². The largest absolute Gasteiger partial charge is 0.383 e. The van der Waals surface area contributed by atoms with E-state index in [1.807, 2.05) is 23.8 Å². The van der Waals surface area contributed by atoms with Crippen molar-refractivity contribution in [1.29, 1.82) is 0 Å². The Kier molecular flexibility index (Phi) is 2.82. The molecule has 0 amide bonds. The summed E-state index contributed by atoms with van der Waals surface area (Å²) in [6, 6.07) is 1.93. The summed E-state index contributed by atoms with van der Waals surface area (Å²) in [5, 5.41) is 0.897. The van der Waals surface area contributed by atoms with Crippen molar-refractivity contribution in [2.24, 2.45) is 0 Å². The van der Waals surface area contributed by atoms with Crippen LogP contribution in [0.15, 0.2) is 18.6 Å². The molecular weight excluding hydrogens is 192 g/mol. The fourth-order valence-electron chi connectivity index (χ4n) is 1.51. The van der Waals surface area contributed by atoms with E-state index in [0.717, 1.165) is 24.2 Å². The Labute approximate surface area is 87.9 Å². The number of aromatic nitrogens is 3. The number of fused-ring (bicyclic) bond motifs is 1. The third-order valence-electron chi connectivity index (χ3n) is 2.27. The molecule has 2 aromatic rings. The van der Waals surface area contributed by atoms with Gasteiger partial charge >= 0.3 is 0 Å². The van der Waals surface area contributed by atoms with Crippen molar-refractivity contribution < 1.29 is 4.74 Å². The molecule has 0 aliphatic rings. The van der Waals surface area contributed by atoms with Crippen LogP contribution >= 0.6 is 0 Å². The monoisotopic (exact) mass is 206 g/mol. The molecule has 0 bridgehead atoms. The number of rotatable bonds is 4. The molecule has 0 radical (unpaired) electrons. The summed E-state index contributed by atoms with van der Waals surface area (Å²) in [6.45, 7) is 4.18. The summed E-state index contributed by atoms with van der Waals surface area (Å²) < 4.78 is 7.31. The van der Waals surface area contributed by atoms with Crippen LogP contribution in [0.4, 0.5) is 5.82 Å². The SMILES string of the molecule is CCOCCn1ccc2c(N)ncnc21. The number of nitrogens with zero attached hydrogens (tertiary/aromatic N) is 3. The third kappa shape index (κ3) is 1.92. The first-order valence-electron chi connectivity index (χ1n) is 4.96. The van der Waals surface area contributed by atoms with Gasteiger partial charge in [0.15, 0.2) is 0 Å². The summed E-state index contributed by atoms with van der Waals surface area (Å²) in [4.78, 5) is 8.14. The van der Waals surface area contributed by atoms with E-state index in [1.165, 1.54) is 6.33 Å². The molecule has 0 aliphatic carbocycles. The van der Waals surface area contributed by atoms with Gasteiger partial charge in [-0.2, -0.15) is 0 Å². The molecule has 80 valence electrons. The highest BCUT2D eigenvalue weighted by molar-refractivity contribution is 5.85. The van der Waals surface area contributed by atoms with Gasteiger partial charge in [-0.25, -0.2) is 9.97 Å². The maximum absolute atomic E-state index is 5.73. The Morgan fingerprint density at radius 2 is 2.33 bits per heavy atom. The number of nitrogen functional groups attached to an aromatic ring is 1. The summed E-state index contributed by atoms with van der Waals surface area (Å²) in [5.41, 5.74) is 6.59. The minimum absolute atomic E-state index is 0.523. The van der Waals surface area contributed by atoms with Crippen LogP contribution in [0.25, 0.3) is 11.0 Å². The van der Waals surface area contributed by atoms with E-state index in [-0.39, 0.29) is 0 Å². The standard InChI is InChI=1S/C10H14N4O/c1-2-15-6-5-14-4-3-8-9(11)12-7-13-10(8)14/h3-4,7H,2,5-6H2,1H3,(H2,11,12,13). The highest BCUT2D eigenvalue weighted by atomic mass is 16.5. The average molecular weight is 206 g/mol. The van der Waals surface area contributed by atoms with Crippen LogP contribution in [0.5, 0.6) is 0 Å². The molecule has 2 N–H and O–H groups in total. The fraction of sp³-hybridized carbons (Fsp3) is 0.400. The highest BCUT2D eigenvalue weighted by Crippen LogP contribution is 2.17. The second-order valence-corrected chi connectivity index (χ2v) is 3.20. The van der Waals surface area contributed by atoms with Crippen LogP contribution in [0.2, 0.25) is 0 Å². The van der Waals surface area contributed by atoms with Crippen molar-refractivity contribution in [2.75, 3.05) is 18.9 Å². The molecule has 2 rings (SSSR count). The molecule has 0 aromatic carbocycles. The maximum Gasteiger partial charge on any atom is 0.145 e. The van der Waals surface area contributed by atoms with Gasteiger partial charge in [0.05, 0.1) is 12.0 Å². The molecule has 5 nitrogen and oxygen atoms in total. The third-order valence-corrected chi connectivity index (χ3v) is 2.27. The van der Waals surface area contributed by atoms with Crippen LogP contribution < -0.4 is 5.73 Å². The zero-order chi connectivity index (χ0) is 10.7. The lowest BCUT2D eigenvalue weighted by Gasteiger charge is -2.04. The van der Waals surface area contributed by atoms with Gasteiger partial charge in [-0.15, -0.1) is 0 Å². The quantitative estimate of drug-likeness (QED) is 0.759. The lowest BCUT2D eigenvalue weighted by atomic mass is 10.4. The molecule has 15 heavy (non-hydrogen) atoms. The summed E-state index contributed by atoms with van der Waals surface area (Å²) in [6.07, 6.45) is 3.43. The Hall–Kier alpha value is -1.62. The minimum atomic E-state index is 0.523. The molecule has 0 spiro atoms. The van der Waals surface area contributed by atoms with Crippen molar-refractivity contribution in [3.8, 4) is 0 Å². The second-order valence-electron chi connectivity index (χ2n) is 3.20. The Morgan fingerprint density at radius 1 is 1.47 bits per heavy atom. The van der Waals surface area contributed by atoms with E-state index < -0.39 is 0 Å². The van der Waals surface area contributed by atoms with E-state index in [4.69, 9.17) is 10.5 Å². The van der Waals surface area contributed by atoms with Crippen LogP contribution in [0, 0.1) is 0 Å². The van der Waals surface area contributed by atoms with Gasteiger partial charge in [0.1, 0.15) is 17.8 Å². The average Bonchev–Trinajstić information content (AvgIpc) is 2.64. The first kappa shape index (κ1) is 9.92. The predicted molar refractivity (Wildman–Crippen MR) is 58.4 cm³/mol. The summed E-state index contributed by atoms with van der Waals surface area (Å²) >= 11 is 0. The van der Waals surface area contributed by atoms with Crippen molar-refractivity contribution in [2.45, 2.75) is 13.5 Å². The van der Waals surface area contributed by atoms with Gasteiger partial charge in [-0.1, -0.05) is 0 Å². The molecule has 0 aliphatic heterocycles. The molecule has 2 heterocycles. The minimum Gasteiger partial charge on any atom is -0.383 e. The zero-order valence-corrected chi connectivity index (χ0v) is 8.68. The lowest BCUT2D eigenvalue weighted by molar-refractivity contribution is 0.140. The number of ether oxygens (including phenoxy) is 1. The lowest BCUT2D eigenvalue weighted by Crippen LogP contribution is -2.05. The summed E-state index contributed by atoms with van der Waals surface area (Å²) in [5.74, 6) is 0.523. The van der Waals surface area contributed by atoms with E-state index >= 15 is 0 Å². The predicted octanol–water partition coefficient (Wildman–Crippen LogP) is 1.05. The van der Waals surface area contributed by atoms with Crippen molar-refractivity contribution in [3.05, 3.63) is 18.6 Å². The molecule has 0 fully saturated rings. The number of anilines is 1. The molecule has 0 unspecified atom stereocenters. The first-order chi connectivity index (χ1) is 7.33. The van der Waals surface area contributed by atoms with Gasteiger partial charge in [0.25, 0.3) is 0 Å². The normalized spacial score (nSPS) is 11.0. The Balaban J connectivity index is 2.25. The van der Waals surface area contributed by atoms with Crippen LogP contribution in [0.3, 0.4) is 0 Å². The van der Waals surface area contributed by atoms with E-state index in [9.17, 15) is 0 Å². The number of hydrogen-bond acceptors (Lipinski definition) is 4. The molecule has 2 aromatic heterocycles. The smallest absolute Gasteiger partial charge is 0.145 e. The Morgan fingerprint density at radius 3 is 3.13 bits per heavy atom. The van der Waals surface area contributed by atoms with Crippen LogP contribution in [-0.4, -0.2) is 27.7 Å². The molecule has 5 heteroatoms. The van der Waals surface area contributed by atoms with Crippen molar-refractivity contribution in [3.63, 3.8) is 0 Å². The molecular formula is C10H14N4O. The number of hydrogen-bond donors (Lipinski definition) is 1. The summed E-state index contributed by atoms with van der Waals surface area (Å²) in [7, 11) is 0. The number of nitrogens with two attached hydrogens (primary N) is 1. The second kappa shape index (κ2) is 4.27. The highest BCUT2D eigenvalue weighted by Gasteiger charge is 2.04. The van der Waals surface area contributed by atoms with Gasteiger partial charge in [-0.05, 0) is 13.0 Å². The first-order valence-corrected chi connectivity index (χ1v) is 4.96. The topological polar surface area (TPSA) is 66.0 Å². The van der Waals surface area contributed by atoms with Gasteiger partial charge in [0.2, 0.25) is 0 Å². The van der Waals surface area contributed by atoms with E-state index in [1.54, 1.807) is 0 Å². The van der Waals surface area contributed by atoms with E-state index in [2.05, 4.69) is 9.97 Å². The zero-order valence-electron chi connectivity index (χ0n) is 8.68. The van der Waals surface area contributed by atoms with Crippen LogP contribution in [-0.2, 0) is 11.3 Å². The Bertz CT molecular complexity index is 452. The van der Waals surface area contributed by atoms with Gasteiger partial charge in [0, 0.05) is 19.3 Å². The van der Waals surface area contributed by atoms with Crippen LogP contribution in [0.1, 0.15) is 6.92 Å². The fourth-order valence-corrected chi connectivity index (χ4v) is 1.51. The van der Waals surface area contributed by atoms with E-state index in [0.29, 0.717) is 12.4 Å². The molecule has 0 saturated heterocycles. The molecule has 0 saturated carbocycles. The molecule has 0 atom stereocenters.